The van der Waals surface area contributed by atoms with Gasteiger partial charge in [0.15, 0.2) is 0 Å². The molecule has 2 aromatic rings. The highest BCUT2D eigenvalue weighted by Gasteiger charge is 2.08. The van der Waals surface area contributed by atoms with E-state index in [4.69, 9.17) is 4.74 Å². The number of aryl methyl sites for hydroxylation is 1. The minimum absolute atomic E-state index is 0.00407. The first-order valence-electron chi connectivity index (χ1n) is 7.08. The molecule has 1 N–H and O–H groups in total. The number of amides is 1. The molecular weight excluding hydrogens is 264 g/mol. The van der Waals surface area contributed by atoms with Crippen molar-refractivity contribution >= 4 is 5.91 Å². The molecule has 21 heavy (non-hydrogen) atoms. The van der Waals surface area contributed by atoms with Crippen LogP contribution < -0.4 is 10.1 Å². The third-order valence-electron chi connectivity index (χ3n) is 3.22. The summed E-state index contributed by atoms with van der Waals surface area (Å²) >= 11 is 0. The Bertz CT molecular complexity index is 611. The van der Waals surface area contributed by atoms with E-state index in [9.17, 15) is 4.79 Å². The second-order valence-corrected chi connectivity index (χ2v) is 4.78. The number of rotatable bonds is 6. The molecule has 0 aliphatic carbocycles. The molecule has 1 aromatic carbocycles. The lowest BCUT2D eigenvalue weighted by atomic mass is 10.1. The summed E-state index contributed by atoms with van der Waals surface area (Å²) in [7, 11) is 0. The highest BCUT2D eigenvalue weighted by atomic mass is 16.5. The first-order valence-corrected chi connectivity index (χ1v) is 7.08. The van der Waals surface area contributed by atoms with Crippen molar-refractivity contribution in [2.75, 3.05) is 6.61 Å². The molecule has 0 spiro atoms. The molecule has 4 nitrogen and oxygen atoms in total. The van der Waals surface area contributed by atoms with E-state index in [1.807, 2.05) is 50.2 Å². The van der Waals surface area contributed by atoms with Gasteiger partial charge in [-0.1, -0.05) is 30.3 Å². The van der Waals surface area contributed by atoms with Crippen LogP contribution in [0.15, 0.2) is 42.6 Å². The van der Waals surface area contributed by atoms with Crippen LogP contribution in [0.3, 0.4) is 0 Å². The SMILES string of the molecule is CCOc1ncccc1CNC(=O)Cc1ccccc1C. The Morgan fingerprint density at radius 2 is 1.95 bits per heavy atom. The molecule has 0 bridgehead atoms. The van der Waals surface area contributed by atoms with Gasteiger partial charge >= 0.3 is 0 Å². The molecule has 0 radical (unpaired) electrons. The van der Waals surface area contributed by atoms with Crippen molar-refractivity contribution in [3.63, 3.8) is 0 Å². The molecule has 0 fully saturated rings. The van der Waals surface area contributed by atoms with Crippen molar-refractivity contribution in [3.8, 4) is 5.88 Å². The second kappa shape index (κ2) is 7.43. The number of hydrogen-bond acceptors (Lipinski definition) is 3. The van der Waals surface area contributed by atoms with Crippen LogP contribution in [0.5, 0.6) is 5.88 Å². The Hall–Kier alpha value is -2.36. The fourth-order valence-corrected chi connectivity index (χ4v) is 2.06. The summed E-state index contributed by atoms with van der Waals surface area (Å²) in [5, 5.41) is 2.91. The van der Waals surface area contributed by atoms with E-state index in [-0.39, 0.29) is 5.91 Å². The zero-order valence-electron chi connectivity index (χ0n) is 12.4. The molecule has 110 valence electrons. The minimum atomic E-state index is -0.00407. The number of nitrogens with one attached hydrogen (secondary N) is 1. The number of carbonyl (C=O) groups is 1. The zero-order valence-corrected chi connectivity index (χ0v) is 12.4. The Morgan fingerprint density at radius 1 is 1.19 bits per heavy atom. The summed E-state index contributed by atoms with van der Waals surface area (Å²) in [6.07, 6.45) is 2.07. The average molecular weight is 284 g/mol. The normalized spacial score (nSPS) is 10.2. The fraction of sp³-hybridized carbons (Fsp3) is 0.294. The third kappa shape index (κ3) is 4.31. The van der Waals surface area contributed by atoms with Gasteiger partial charge in [0, 0.05) is 18.3 Å². The van der Waals surface area contributed by atoms with Crippen LogP contribution in [-0.2, 0) is 17.8 Å². The lowest BCUT2D eigenvalue weighted by Gasteiger charge is -2.10. The third-order valence-corrected chi connectivity index (χ3v) is 3.22. The molecule has 0 unspecified atom stereocenters. The van der Waals surface area contributed by atoms with Gasteiger partial charge in [0.05, 0.1) is 13.0 Å². The quantitative estimate of drug-likeness (QED) is 0.887. The summed E-state index contributed by atoms with van der Waals surface area (Å²) in [5.74, 6) is 0.576. The van der Waals surface area contributed by atoms with E-state index in [0.717, 1.165) is 16.7 Å². The van der Waals surface area contributed by atoms with Crippen molar-refractivity contribution < 1.29 is 9.53 Å². The molecule has 1 aromatic heterocycles. The minimum Gasteiger partial charge on any atom is -0.478 e. The number of ether oxygens (including phenoxy) is 1. The van der Waals surface area contributed by atoms with Crippen molar-refractivity contribution in [1.82, 2.24) is 10.3 Å². The Kier molecular flexibility index (Phi) is 5.32. The summed E-state index contributed by atoms with van der Waals surface area (Å²) in [5.41, 5.74) is 3.06. The number of hydrogen-bond donors (Lipinski definition) is 1. The van der Waals surface area contributed by atoms with Gasteiger partial charge in [0.1, 0.15) is 0 Å². The predicted octanol–water partition coefficient (Wildman–Crippen LogP) is 2.65. The van der Waals surface area contributed by atoms with Crippen molar-refractivity contribution in [2.24, 2.45) is 0 Å². The lowest BCUT2D eigenvalue weighted by molar-refractivity contribution is -0.120. The number of carbonyl (C=O) groups excluding carboxylic acids is 1. The van der Waals surface area contributed by atoms with Crippen LogP contribution in [0.4, 0.5) is 0 Å². The standard InChI is InChI=1S/C17H20N2O2/c1-3-21-17-15(9-6-10-18-17)12-19-16(20)11-14-8-5-4-7-13(14)2/h4-10H,3,11-12H2,1-2H3,(H,19,20). The Labute approximate surface area is 125 Å². The predicted molar refractivity (Wildman–Crippen MR) is 82.1 cm³/mol. The topological polar surface area (TPSA) is 51.2 Å². The van der Waals surface area contributed by atoms with Crippen LogP contribution in [0.2, 0.25) is 0 Å². The Morgan fingerprint density at radius 3 is 2.71 bits per heavy atom. The van der Waals surface area contributed by atoms with Crippen LogP contribution in [0.25, 0.3) is 0 Å². The summed E-state index contributed by atoms with van der Waals surface area (Å²) in [6, 6.07) is 11.7. The highest BCUT2D eigenvalue weighted by molar-refractivity contribution is 5.78. The van der Waals surface area contributed by atoms with Gasteiger partial charge in [-0.25, -0.2) is 4.98 Å². The molecule has 1 heterocycles. The second-order valence-electron chi connectivity index (χ2n) is 4.78. The van der Waals surface area contributed by atoms with E-state index in [1.165, 1.54) is 0 Å². The summed E-state index contributed by atoms with van der Waals surface area (Å²) in [6.45, 7) is 4.90. The maximum atomic E-state index is 12.0. The highest BCUT2D eigenvalue weighted by Crippen LogP contribution is 2.14. The van der Waals surface area contributed by atoms with E-state index in [2.05, 4.69) is 10.3 Å². The molecule has 0 saturated carbocycles. The number of benzene rings is 1. The molecule has 0 aliphatic heterocycles. The fourth-order valence-electron chi connectivity index (χ4n) is 2.06. The van der Waals surface area contributed by atoms with Crippen LogP contribution in [0.1, 0.15) is 23.6 Å². The molecule has 4 heteroatoms. The Balaban J connectivity index is 1.94. The first kappa shape index (κ1) is 15.0. The average Bonchev–Trinajstić information content (AvgIpc) is 2.49. The smallest absolute Gasteiger partial charge is 0.224 e. The van der Waals surface area contributed by atoms with Gasteiger partial charge in [-0.3, -0.25) is 4.79 Å². The largest absolute Gasteiger partial charge is 0.478 e. The number of pyridine rings is 1. The summed E-state index contributed by atoms with van der Waals surface area (Å²) < 4.78 is 5.44. The van der Waals surface area contributed by atoms with Gasteiger partial charge in [0.2, 0.25) is 11.8 Å². The van der Waals surface area contributed by atoms with Gasteiger partial charge < -0.3 is 10.1 Å². The van der Waals surface area contributed by atoms with Crippen molar-refractivity contribution in [3.05, 3.63) is 59.3 Å². The molecule has 2 rings (SSSR count). The monoisotopic (exact) mass is 284 g/mol. The lowest BCUT2D eigenvalue weighted by Crippen LogP contribution is -2.25. The molecule has 1 amide bonds. The maximum Gasteiger partial charge on any atom is 0.224 e. The maximum absolute atomic E-state index is 12.0. The molecule has 0 atom stereocenters. The zero-order chi connectivity index (χ0) is 15.1. The van der Waals surface area contributed by atoms with E-state index >= 15 is 0 Å². The van der Waals surface area contributed by atoms with Crippen molar-refractivity contribution in [1.29, 1.82) is 0 Å². The van der Waals surface area contributed by atoms with Gasteiger partial charge in [0.25, 0.3) is 0 Å². The van der Waals surface area contributed by atoms with Crippen LogP contribution in [-0.4, -0.2) is 17.5 Å². The van der Waals surface area contributed by atoms with Crippen LogP contribution >= 0.6 is 0 Å². The van der Waals surface area contributed by atoms with E-state index < -0.39 is 0 Å². The summed E-state index contributed by atoms with van der Waals surface area (Å²) in [4.78, 5) is 16.2. The number of aromatic nitrogens is 1. The molecule has 0 saturated heterocycles. The van der Waals surface area contributed by atoms with Gasteiger partial charge in [-0.2, -0.15) is 0 Å². The molecule has 0 aliphatic rings. The first-order chi connectivity index (χ1) is 10.2. The van der Waals surface area contributed by atoms with E-state index in [1.54, 1.807) is 6.20 Å². The number of nitrogens with zero attached hydrogens (tertiary/aromatic N) is 1. The van der Waals surface area contributed by atoms with Gasteiger partial charge in [-0.15, -0.1) is 0 Å². The van der Waals surface area contributed by atoms with E-state index in [0.29, 0.717) is 25.5 Å². The molecular formula is C17H20N2O2. The van der Waals surface area contributed by atoms with Crippen LogP contribution in [0, 0.1) is 6.92 Å². The van der Waals surface area contributed by atoms with Gasteiger partial charge in [-0.05, 0) is 31.0 Å². The van der Waals surface area contributed by atoms with Crippen molar-refractivity contribution in [2.45, 2.75) is 26.8 Å².